The Balaban J connectivity index is 1.62. The van der Waals surface area contributed by atoms with Gasteiger partial charge >= 0.3 is 5.97 Å². The molecule has 0 saturated carbocycles. The molecule has 32 heavy (non-hydrogen) atoms. The summed E-state index contributed by atoms with van der Waals surface area (Å²) >= 11 is 0. The molecule has 0 saturated heterocycles. The van der Waals surface area contributed by atoms with Crippen molar-refractivity contribution < 1.29 is 29.2 Å². The Morgan fingerprint density at radius 3 is 2.84 bits per heavy atom. The first-order chi connectivity index (χ1) is 15.2. The smallest absolute Gasteiger partial charge is 0.343 e. The predicted octanol–water partition coefficient (Wildman–Crippen LogP) is 1.13. The number of hydrogen-bond donors (Lipinski definition) is 2. The van der Waals surface area contributed by atoms with Gasteiger partial charge in [-0.2, -0.15) is 0 Å². The number of Topliss-reactive ketones (excluding diaryl/α,β-unsaturated/α-hetero) is 1. The molecule has 0 spiro atoms. The highest BCUT2D eigenvalue weighted by atomic mass is 16.6. The van der Waals surface area contributed by atoms with Crippen molar-refractivity contribution >= 4 is 17.7 Å². The standard InChI is InChI=1S/C22H21N3O7/c1-3-22(29)13-8-16-18-11(7-12-14(23-18)5-4-6-15(12)25(30)31)9-24(16)20(27)17(13)19(10(2)26)32-21(22)28/h6-7,19,23,29H,3-5,8-9H2,1-2H3/t19?,22-/m0/s1. The molecule has 0 bridgehead atoms. The lowest BCUT2D eigenvalue weighted by molar-refractivity contribution is -0.421. The summed E-state index contributed by atoms with van der Waals surface area (Å²) in [5, 5.41) is 25.8. The Bertz CT molecular complexity index is 1190. The zero-order valence-corrected chi connectivity index (χ0v) is 17.6. The molecular formula is C22H21N3O7. The average Bonchev–Trinajstić information content (AvgIpc) is 3.12. The molecular weight excluding hydrogens is 418 g/mol. The van der Waals surface area contributed by atoms with Crippen LogP contribution in [0.5, 0.6) is 0 Å². The van der Waals surface area contributed by atoms with Crippen molar-refractivity contribution in [3.8, 4) is 0 Å². The number of nitrogens with zero attached hydrogens (tertiary/aromatic N) is 2. The zero-order chi connectivity index (χ0) is 22.9. The van der Waals surface area contributed by atoms with Crippen molar-refractivity contribution in [1.82, 2.24) is 10.2 Å². The predicted molar refractivity (Wildman–Crippen MR) is 109 cm³/mol. The molecule has 10 nitrogen and oxygen atoms in total. The summed E-state index contributed by atoms with van der Waals surface area (Å²) in [4.78, 5) is 50.8. The van der Waals surface area contributed by atoms with Crippen molar-refractivity contribution in [1.29, 1.82) is 0 Å². The molecule has 1 amide bonds. The minimum Gasteiger partial charge on any atom is -0.447 e. The number of hydrogen-bond acceptors (Lipinski definition) is 8. The first-order valence-electron chi connectivity index (χ1n) is 10.5. The molecule has 1 unspecified atom stereocenters. The van der Waals surface area contributed by atoms with Crippen molar-refractivity contribution in [2.45, 2.75) is 51.2 Å². The molecule has 0 aromatic carbocycles. The molecule has 0 aromatic rings. The fourth-order valence-corrected chi connectivity index (χ4v) is 5.06. The van der Waals surface area contributed by atoms with Crippen LogP contribution in [0.15, 0.2) is 57.2 Å². The average molecular weight is 439 g/mol. The number of amides is 1. The lowest BCUT2D eigenvalue weighted by Crippen LogP contribution is -2.55. The van der Waals surface area contributed by atoms with Gasteiger partial charge in [0, 0.05) is 17.8 Å². The van der Waals surface area contributed by atoms with E-state index in [1.54, 1.807) is 19.1 Å². The van der Waals surface area contributed by atoms with Crippen molar-refractivity contribution in [2.24, 2.45) is 0 Å². The van der Waals surface area contributed by atoms with Gasteiger partial charge in [-0.25, -0.2) is 4.79 Å². The van der Waals surface area contributed by atoms with Crippen LogP contribution in [0, 0.1) is 10.1 Å². The molecule has 2 atom stereocenters. The largest absolute Gasteiger partial charge is 0.447 e. The Morgan fingerprint density at radius 2 is 2.19 bits per heavy atom. The SMILES string of the molecule is CC[C@@]1(O)C(=O)OC(C(C)=O)C2=C1CC1=C3NC4=C(C=C3CN1C2=O)C([N+](=O)[O-])=CCC4. The molecule has 166 valence electrons. The van der Waals surface area contributed by atoms with Gasteiger partial charge in [0.05, 0.1) is 28.3 Å². The summed E-state index contributed by atoms with van der Waals surface area (Å²) in [5.41, 5.74) is 1.37. The fraction of sp³-hybridized carbons (Fsp3) is 0.409. The van der Waals surface area contributed by atoms with Gasteiger partial charge in [0.15, 0.2) is 17.5 Å². The summed E-state index contributed by atoms with van der Waals surface area (Å²) < 4.78 is 5.20. The van der Waals surface area contributed by atoms with Gasteiger partial charge in [-0.3, -0.25) is 19.7 Å². The first kappa shape index (κ1) is 20.4. The second kappa shape index (κ2) is 6.73. The number of nitrogens with one attached hydrogen (secondary N) is 1. The van der Waals surface area contributed by atoms with Gasteiger partial charge in [-0.1, -0.05) is 6.92 Å². The van der Waals surface area contributed by atoms with Crippen LogP contribution in [0.2, 0.25) is 0 Å². The Morgan fingerprint density at radius 1 is 1.44 bits per heavy atom. The van der Waals surface area contributed by atoms with Gasteiger partial charge in [0.1, 0.15) is 0 Å². The fourth-order valence-electron chi connectivity index (χ4n) is 5.06. The maximum absolute atomic E-state index is 13.5. The number of ketones is 1. The molecule has 1 aliphatic carbocycles. The van der Waals surface area contributed by atoms with Crippen molar-refractivity contribution in [3.63, 3.8) is 0 Å². The minimum absolute atomic E-state index is 0.00635. The van der Waals surface area contributed by atoms with E-state index in [1.165, 1.54) is 11.8 Å². The second-order valence-electron chi connectivity index (χ2n) is 8.46. The number of allylic oxidation sites excluding steroid dienone is 4. The van der Waals surface area contributed by atoms with Gasteiger partial charge in [0.2, 0.25) is 0 Å². The van der Waals surface area contributed by atoms with E-state index >= 15 is 0 Å². The third kappa shape index (κ3) is 2.59. The van der Waals surface area contributed by atoms with Crippen LogP contribution in [-0.4, -0.2) is 50.8 Å². The van der Waals surface area contributed by atoms with E-state index in [2.05, 4.69) is 5.32 Å². The first-order valence-corrected chi connectivity index (χ1v) is 10.5. The van der Waals surface area contributed by atoms with Crippen LogP contribution in [0.1, 0.15) is 39.5 Å². The number of dihydropyridines is 1. The van der Waals surface area contributed by atoms with Crippen LogP contribution in [-0.2, 0) is 19.1 Å². The number of rotatable bonds is 3. The molecule has 2 N–H and O–H groups in total. The number of esters is 1. The lowest BCUT2D eigenvalue weighted by Gasteiger charge is -2.41. The highest BCUT2D eigenvalue weighted by Gasteiger charge is 2.55. The van der Waals surface area contributed by atoms with Gasteiger partial charge < -0.3 is 20.1 Å². The lowest BCUT2D eigenvalue weighted by atomic mass is 9.77. The molecule has 0 aromatic heterocycles. The number of aliphatic hydroxyl groups is 1. The number of ether oxygens (including phenoxy) is 1. The summed E-state index contributed by atoms with van der Waals surface area (Å²) in [5.74, 6) is -1.94. The van der Waals surface area contributed by atoms with E-state index in [4.69, 9.17) is 4.74 Å². The Labute approximate surface area is 182 Å². The van der Waals surface area contributed by atoms with Crippen molar-refractivity contribution in [3.05, 3.63) is 67.3 Å². The molecule has 0 radical (unpaired) electrons. The third-order valence-electron chi connectivity index (χ3n) is 6.74. The quantitative estimate of drug-likeness (QED) is 0.379. The van der Waals surface area contributed by atoms with E-state index in [9.17, 15) is 29.6 Å². The monoisotopic (exact) mass is 439 g/mol. The maximum Gasteiger partial charge on any atom is 0.343 e. The summed E-state index contributed by atoms with van der Waals surface area (Å²) in [6.45, 7) is 3.01. The van der Waals surface area contributed by atoms with E-state index in [-0.39, 0.29) is 36.2 Å². The Hall–Kier alpha value is -3.53. The van der Waals surface area contributed by atoms with E-state index in [1.807, 2.05) is 0 Å². The number of carbonyl (C=O) groups is 3. The number of cyclic esters (lactones) is 1. The number of fused-ring (bicyclic) bond motifs is 2. The summed E-state index contributed by atoms with van der Waals surface area (Å²) in [7, 11) is 0. The summed E-state index contributed by atoms with van der Waals surface area (Å²) in [6.07, 6.45) is 3.15. The maximum atomic E-state index is 13.5. The topological polar surface area (TPSA) is 139 Å². The molecule has 4 aliphatic heterocycles. The number of nitro groups is 1. The molecule has 4 heterocycles. The molecule has 10 heteroatoms. The molecule has 5 aliphatic rings. The summed E-state index contributed by atoms with van der Waals surface area (Å²) in [6, 6.07) is 0. The van der Waals surface area contributed by atoms with Gasteiger partial charge in [-0.05, 0) is 49.5 Å². The van der Waals surface area contributed by atoms with Crippen molar-refractivity contribution in [2.75, 3.05) is 6.54 Å². The highest BCUT2D eigenvalue weighted by Crippen LogP contribution is 2.47. The van der Waals surface area contributed by atoms with E-state index in [0.29, 0.717) is 41.1 Å². The van der Waals surface area contributed by atoms with Crippen LogP contribution >= 0.6 is 0 Å². The zero-order valence-electron chi connectivity index (χ0n) is 17.6. The van der Waals surface area contributed by atoms with E-state index in [0.717, 1.165) is 0 Å². The normalized spacial score (nSPS) is 28.8. The van der Waals surface area contributed by atoms with E-state index < -0.39 is 34.3 Å². The van der Waals surface area contributed by atoms with Crippen LogP contribution < -0.4 is 5.32 Å². The second-order valence-corrected chi connectivity index (χ2v) is 8.46. The Kier molecular flexibility index (Phi) is 4.29. The van der Waals surface area contributed by atoms with Crippen LogP contribution in [0.4, 0.5) is 0 Å². The third-order valence-corrected chi connectivity index (χ3v) is 6.74. The molecule has 0 fully saturated rings. The van der Waals surface area contributed by atoms with Crippen LogP contribution in [0.3, 0.4) is 0 Å². The van der Waals surface area contributed by atoms with Gasteiger partial charge in [0.25, 0.3) is 11.6 Å². The number of carbonyl (C=O) groups excluding carboxylic acids is 3. The molecule has 5 rings (SSSR count). The van der Waals surface area contributed by atoms with Gasteiger partial charge in [-0.15, -0.1) is 0 Å². The highest BCUT2D eigenvalue weighted by molar-refractivity contribution is 6.08. The van der Waals surface area contributed by atoms with Crippen LogP contribution in [0.25, 0.3) is 0 Å². The minimum atomic E-state index is -1.99.